The van der Waals surface area contributed by atoms with Gasteiger partial charge in [-0.1, -0.05) is 0 Å². The number of likely N-dealkylation sites (tertiary alicyclic amines) is 1. The second kappa shape index (κ2) is 6.81. The summed E-state index contributed by atoms with van der Waals surface area (Å²) in [5.74, 6) is 1.20. The van der Waals surface area contributed by atoms with Gasteiger partial charge in [0.25, 0.3) is 5.91 Å². The predicted molar refractivity (Wildman–Crippen MR) is 93.3 cm³/mol. The lowest BCUT2D eigenvalue weighted by Crippen LogP contribution is -2.43. The number of aryl methyl sites for hydroxylation is 2. The summed E-state index contributed by atoms with van der Waals surface area (Å²) >= 11 is 0. The standard InChI is InChI=1S/C17H25N7O2/c1-21-6-4-18-14(21)9-23-5-3-17(10-23)11-24(7-8-26-12-17)16(25)15-19-13-22(2)20-15/h4,6,13H,3,5,7-12H2,1-2H3. The molecule has 9 heteroatoms. The van der Waals surface area contributed by atoms with Gasteiger partial charge in [0.1, 0.15) is 12.2 Å². The number of nitrogens with zero attached hydrogens (tertiary/aromatic N) is 7. The topological polar surface area (TPSA) is 81.3 Å². The zero-order chi connectivity index (χ0) is 18.1. The summed E-state index contributed by atoms with van der Waals surface area (Å²) in [4.78, 5) is 25.6. The molecule has 140 valence electrons. The van der Waals surface area contributed by atoms with E-state index in [-0.39, 0.29) is 17.1 Å². The van der Waals surface area contributed by atoms with Gasteiger partial charge in [0.15, 0.2) is 0 Å². The second-order valence-corrected chi connectivity index (χ2v) is 7.44. The third kappa shape index (κ3) is 3.36. The molecule has 2 aliphatic heterocycles. The zero-order valence-electron chi connectivity index (χ0n) is 15.3. The third-order valence-electron chi connectivity index (χ3n) is 5.32. The first-order valence-electron chi connectivity index (χ1n) is 8.96. The van der Waals surface area contributed by atoms with Crippen LogP contribution in [0.25, 0.3) is 0 Å². The van der Waals surface area contributed by atoms with Crippen LogP contribution in [-0.4, -0.2) is 79.4 Å². The monoisotopic (exact) mass is 359 g/mol. The first-order valence-corrected chi connectivity index (χ1v) is 8.96. The summed E-state index contributed by atoms with van der Waals surface area (Å²) in [7, 11) is 3.78. The van der Waals surface area contributed by atoms with Crippen molar-refractivity contribution in [1.29, 1.82) is 0 Å². The van der Waals surface area contributed by atoms with Gasteiger partial charge in [0.2, 0.25) is 5.82 Å². The molecule has 4 rings (SSSR count). The van der Waals surface area contributed by atoms with Crippen LogP contribution in [0.15, 0.2) is 18.7 Å². The van der Waals surface area contributed by atoms with E-state index in [9.17, 15) is 4.79 Å². The minimum atomic E-state index is -0.113. The Labute approximate surface area is 152 Å². The van der Waals surface area contributed by atoms with Gasteiger partial charge in [-0.25, -0.2) is 9.97 Å². The maximum atomic E-state index is 12.8. The number of carbonyl (C=O) groups is 1. The number of amides is 1. The van der Waals surface area contributed by atoms with Crippen LogP contribution < -0.4 is 0 Å². The number of rotatable bonds is 3. The van der Waals surface area contributed by atoms with Crippen molar-refractivity contribution in [3.05, 3.63) is 30.4 Å². The first-order chi connectivity index (χ1) is 12.5. The fourth-order valence-electron chi connectivity index (χ4n) is 3.90. The Morgan fingerprint density at radius 2 is 2.15 bits per heavy atom. The van der Waals surface area contributed by atoms with E-state index in [1.807, 2.05) is 24.3 Å². The van der Waals surface area contributed by atoms with Crippen LogP contribution in [-0.2, 0) is 25.4 Å². The number of imidazole rings is 1. The van der Waals surface area contributed by atoms with E-state index in [1.165, 1.54) is 0 Å². The van der Waals surface area contributed by atoms with Gasteiger partial charge in [-0.3, -0.25) is 14.4 Å². The van der Waals surface area contributed by atoms with Gasteiger partial charge >= 0.3 is 0 Å². The number of aromatic nitrogens is 5. The van der Waals surface area contributed by atoms with E-state index in [0.29, 0.717) is 26.3 Å². The summed E-state index contributed by atoms with van der Waals surface area (Å²) in [6, 6.07) is 0. The molecule has 2 aliphatic rings. The Hall–Kier alpha value is -2.26. The summed E-state index contributed by atoms with van der Waals surface area (Å²) in [6.45, 7) is 5.21. The molecule has 4 heterocycles. The minimum Gasteiger partial charge on any atom is -0.379 e. The predicted octanol–water partition coefficient (Wildman–Crippen LogP) is -0.0867. The van der Waals surface area contributed by atoms with E-state index < -0.39 is 0 Å². The summed E-state index contributed by atoms with van der Waals surface area (Å²) in [6.07, 6.45) is 6.37. The van der Waals surface area contributed by atoms with Crippen molar-refractivity contribution in [2.24, 2.45) is 19.5 Å². The Kier molecular flexibility index (Phi) is 4.49. The van der Waals surface area contributed by atoms with Crippen LogP contribution in [0.1, 0.15) is 22.9 Å². The molecule has 9 nitrogen and oxygen atoms in total. The molecule has 26 heavy (non-hydrogen) atoms. The Balaban J connectivity index is 1.45. The normalized spacial score (nSPS) is 24.3. The molecule has 2 aromatic rings. The average Bonchev–Trinajstić information content (AvgIpc) is 3.28. The SMILES string of the molecule is Cn1cnc(C(=O)N2CCOCC3(CCN(Cc4nccn4C)C3)C2)n1. The summed E-state index contributed by atoms with van der Waals surface area (Å²) in [5, 5.41) is 4.16. The van der Waals surface area contributed by atoms with E-state index >= 15 is 0 Å². The zero-order valence-corrected chi connectivity index (χ0v) is 15.3. The minimum absolute atomic E-state index is 0.0356. The molecule has 0 saturated carbocycles. The van der Waals surface area contributed by atoms with Crippen molar-refractivity contribution < 1.29 is 9.53 Å². The van der Waals surface area contributed by atoms with Gasteiger partial charge in [0, 0.05) is 51.5 Å². The Morgan fingerprint density at radius 3 is 2.88 bits per heavy atom. The van der Waals surface area contributed by atoms with Crippen LogP contribution in [0.5, 0.6) is 0 Å². The average molecular weight is 359 g/mol. The Bertz CT molecular complexity index is 786. The highest BCUT2D eigenvalue weighted by molar-refractivity contribution is 5.90. The van der Waals surface area contributed by atoms with Crippen LogP contribution in [0.2, 0.25) is 0 Å². The molecule has 1 amide bonds. The van der Waals surface area contributed by atoms with Crippen molar-refractivity contribution in [3.63, 3.8) is 0 Å². The maximum Gasteiger partial charge on any atom is 0.293 e. The van der Waals surface area contributed by atoms with Crippen molar-refractivity contribution in [3.8, 4) is 0 Å². The van der Waals surface area contributed by atoms with E-state index in [0.717, 1.165) is 31.9 Å². The second-order valence-electron chi connectivity index (χ2n) is 7.44. The van der Waals surface area contributed by atoms with Gasteiger partial charge in [-0.05, 0) is 13.0 Å². The summed E-state index contributed by atoms with van der Waals surface area (Å²) in [5.41, 5.74) is -0.0356. The Morgan fingerprint density at radius 1 is 1.27 bits per heavy atom. The molecule has 2 saturated heterocycles. The molecule has 0 bridgehead atoms. The molecule has 0 N–H and O–H groups in total. The highest BCUT2D eigenvalue weighted by Gasteiger charge is 2.42. The maximum absolute atomic E-state index is 12.8. The van der Waals surface area contributed by atoms with Crippen molar-refractivity contribution >= 4 is 5.91 Å². The van der Waals surface area contributed by atoms with Crippen LogP contribution >= 0.6 is 0 Å². The van der Waals surface area contributed by atoms with Crippen molar-refractivity contribution in [2.75, 3.05) is 39.4 Å². The molecule has 1 spiro atoms. The number of carbonyl (C=O) groups excluding carboxylic acids is 1. The van der Waals surface area contributed by atoms with Crippen LogP contribution in [0.4, 0.5) is 0 Å². The molecule has 0 radical (unpaired) electrons. The molecule has 0 aromatic carbocycles. The molecule has 2 aromatic heterocycles. The van der Waals surface area contributed by atoms with Crippen molar-refractivity contribution in [2.45, 2.75) is 13.0 Å². The van der Waals surface area contributed by atoms with E-state index in [2.05, 4.69) is 24.5 Å². The van der Waals surface area contributed by atoms with E-state index in [1.54, 1.807) is 18.1 Å². The summed E-state index contributed by atoms with van der Waals surface area (Å²) < 4.78 is 9.48. The molecular weight excluding hydrogens is 334 g/mol. The molecule has 0 aliphatic carbocycles. The third-order valence-corrected chi connectivity index (χ3v) is 5.32. The lowest BCUT2D eigenvalue weighted by Gasteiger charge is -2.31. The van der Waals surface area contributed by atoms with Crippen molar-refractivity contribution in [1.82, 2.24) is 34.1 Å². The number of ether oxygens (including phenoxy) is 1. The molecular formula is C17H25N7O2. The van der Waals surface area contributed by atoms with Crippen LogP contribution in [0, 0.1) is 5.41 Å². The number of hydrogen-bond donors (Lipinski definition) is 0. The fourth-order valence-corrected chi connectivity index (χ4v) is 3.90. The van der Waals surface area contributed by atoms with Gasteiger partial charge in [-0.15, -0.1) is 5.10 Å². The fraction of sp³-hybridized carbons (Fsp3) is 0.647. The highest BCUT2D eigenvalue weighted by atomic mass is 16.5. The quantitative estimate of drug-likeness (QED) is 0.762. The van der Waals surface area contributed by atoms with Crippen LogP contribution in [0.3, 0.4) is 0 Å². The number of hydrogen-bond acceptors (Lipinski definition) is 6. The molecule has 2 fully saturated rings. The van der Waals surface area contributed by atoms with Gasteiger partial charge < -0.3 is 14.2 Å². The van der Waals surface area contributed by atoms with E-state index in [4.69, 9.17) is 4.74 Å². The van der Waals surface area contributed by atoms with Gasteiger partial charge in [-0.2, -0.15) is 0 Å². The smallest absolute Gasteiger partial charge is 0.293 e. The van der Waals surface area contributed by atoms with Gasteiger partial charge in [0.05, 0.1) is 19.8 Å². The lowest BCUT2D eigenvalue weighted by atomic mass is 9.87. The lowest BCUT2D eigenvalue weighted by molar-refractivity contribution is 0.0635. The molecule has 1 unspecified atom stereocenters. The largest absolute Gasteiger partial charge is 0.379 e. The highest BCUT2D eigenvalue weighted by Crippen LogP contribution is 2.34. The molecule has 1 atom stereocenters. The first kappa shape index (κ1) is 17.2.